The molecular weight excluding hydrogens is 336 g/mol. The zero-order valence-corrected chi connectivity index (χ0v) is 17.6. The minimum atomic E-state index is -0.400. The van der Waals surface area contributed by atoms with Crippen LogP contribution >= 0.6 is 0 Å². The second-order valence-electron chi connectivity index (χ2n) is 8.38. The van der Waals surface area contributed by atoms with Gasteiger partial charge in [0.1, 0.15) is 11.4 Å². The first-order valence-corrected chi connectivity index (χ1v) is 10.6. The molecule has 0 aliphatic heterocycles. The van der Waals surface area contributed by atoms with E-state index in [0.717, 1.165) is 31.3 Å². The van der Waals surface area contributed by atoms with Crippen LogP contribution in [0.3, 0.4) is 0 Å². The maximum Gasteiger partial charge on any atom is 0.306 e. The molecule has 0 aliphatic rings. The number of rotatable bonds is 11. The van der Waals surface area contributed by atoms with Gasteiger partial charge in [0.05, 0.1) is 11.0 Å². The number of hydrogen-bond acceptors (Lipinski definition) is 3. The molecule has 2 aromatic rings. The maximum atomic E-state index is 11.9. The minimum Gasteiger partial charge on any atom is -0.460 e. The highest BCUT2D eigenvalue weighted by atomic mass is 16.6. The first kappa shape index (κ1) is 21.5. The van der Waals surface area contributed by atoms with Gasteiger partial charge in [0, 0.05) is 19.4 Å². The Kier molecular flexibility index (Phi) is 8.33. The number of hydrogen-bond donors (Lipinski definition) is 0. The van der Waals surface area contributed by atoms with Crippen molar-refractivity contribution in [3.63, 3.8) is 0 Å². The summed E-state index contributed by atoms with van der Waals surface area (Å²) in [6.07, 6.45) is 9.70. The van der Waals surface area contributed by atoms with Crippen molar-refractivity contribution in [1.29, 1.82) is 0 Å². The molecule has 0 spiro atoms. The molecule has 4 heteroatoms. The van der Waals surface area contributed by atoms with Crippen molar-refractivity contribution in [3.05, 3.63) is 30.1 Å². The Morgan fingerprint density at radius 2 is 1.78 bits per heavy atom. The zero-order chi connectivity index (χ0) is 19.7. The van der Waals surface area contributed by atoms with Gasteiger partial charge in [-0.25, -0.2) is 4.98 Å². The molecule has 0 atom stereocenters. The molecule has 0 radical (unpaired) electrons. The van der Waals surface area contributed by atoms with Gasteiger partial charge in [0.2, 0.25) is 0 Å². The average molecular weight is 373 g/mol. The monoisotopic (exact) mass is 372 g/mol. The van der Waals surface area contributed by atoms with Crippen molar-refractivity contribution in [3.8, 4) is 0 Å². The molecule has 0 saturated carbocycles. The highest BCUT2D eigenvalue weighted by molar-refractivity contribution is 5.75. The molecule has 4 nitrogen and oxygen atoms in total. The summed E-state index contributed by atoms with van der Waals surface area (Å²) in [6, 6.07) is 8.36. The molecule has 0 bridgehead atoms. The molecule has 0 fully saturated rings. The van der Waals surface area contributed by atoms with Crippen molar-refractivity contribution in [2.24, 2.45) is 0 Å². The number of carbonyl (C=O) groups is 1. The normalized spacial score (nSPS) is 11.9. The van der Waals surface area contributed by atoms with Crippen LogP contribution in [0.15, 0.2) is 24.3 Å². The Bertz CT molecular complexity index is 713. The summed E-state index contributed by atoms with van der Waals surface area (Å²) in [5.74, 6) is 1.08. The number of aryl methyl sites for hydroxylation is 2. The van der Waals surface area contributed by atoms with Gasteiger partial charge in [-0.1, -0.05) is 44.7 Å². The predicted molar refractivity (Wildman–Crippen MR) is 112 cm³/mol. The molecule has 0 saturated heterocycles. The molecule has 0 aliphatic carbocycles. The third kappa shape index (κ3) is 7.36. The highest BCUT2D eigenvalue weighted by Crippen LogP contribution is 2.19. The molecule has 1 aromatic heterocycles. The highest BCUT2D eigenvalue weighted by Gasteiger charge is 2.16. The molecule has 0 unspecified atom stereocenters. The zero-order valence-electron chi connectivity index (χ0n) is 17.6. The number of fused-ring (bicyclic) bond motifs is 1. The molecule has 0 N–H and O–H groups in total. The van der Waals surface area contributed by atoms with Crippen LogP contribution in [0.25, 0.3) is 11.0 Å². The van der Waals surface area contributed by atoms with Crippen molar-refractivity contribution in [2.75, 3.05) is 0 Å². The SMILES string of the molecule is CCCCCCCc1nc2ccccc2n1CCCCC(=O)OC(C)(C)C. The van der Waals surface area contributed by atoms with E-state index < -0.39 is 5.60 Å². The Hall–Kier alpha value is -1.84. The third-order valence-corrected chi connectivity index (χ3v) is 4.67. The number of unbranched alkanes of at least 4 members (excludes halogenated alkanes) is 5. The van der Waals surface area contributed by atoms with Gasteiger partial charge in [-0.3, -0.25) is 4.79 Å². The second kappa shape index (κ2) is 10.5. The minimum absolute atomic E-state index is 0.103. The Morgan fingerprint density at radius 1 is 1.04 bits per heavy atom. The van der Waals surface area contributed by atoms with E-state index in [1.165, 1.54) is 43.4 Å². The number of carbonyl (C=O) groups excluding carboxylic acids is 1. The summed E-state index contributed by atoms with van der Waals surface area (Å²) in [4.78, 5) is 16.7. The van der Waals surface area contributed by atoms with Gasteiger partial charge in [-0.15, -0.1) is 0 Å². The fourth-order valence-electron chi connectivity index (χ4n) is 3.38. The summed E-state index contributed by atoms with van der Waals surface area (Å²) in [5.41, 5.74) is 1.88. The topological polar surface area (TPSA) is 44.1 Å². The number of ether oxygens (including phenoxy) is 1. The average Bonchev–Trinajstić information content (AvgIpc) is 2.94. The first-order valence-electron chi connectivity index (χ1n) is 10.6. The maximum absolute atomic E-state index is 11.9. The lowest BCUT2D eigenvalue weighted by molar-refractivity contribution is -0.154. The first-order chi connectivity index (χ1) is 12.9. The lowest BCUT2D eigenvalue weighted by Crippen LogP contribution is -2.23. The molecule has 1 heterocycles. The van der Waals surface area contributed by atoms with Crippen LogP contribution in [0.2, 0.25) is 0 Å². The number of esters is 1. The summed E-state index contributed by atoms with van der Waals surface area (Å²) >= 11 is 0. The summed E-state index contributed by atoms with van der Waals surface area (Å²) in [6.45, 7) is 8.89. The molecule has 150 valence electrons. The van der Waals surface area contributed by atoms with E-state index in [1.807, 2.05) is 26.8 Å². The summed E-state index contributed by atoms with van der Waals surface area (Å²) in [7, 11) is 0. The van der Waals surface area contributed by atoms with Gasteiger partial charge in [-0.2, -0.15) is 0 Å². The van der Waals surface area contributed by atoms with Crippen molar-refractivity contribution >= 4 is 17.0 Å². The van der Waals surface area contributed by atoms with Crippen molar-refractivity contribution in [2.45, 2.75) is 97.6 Å². The molecular formula is C23H36N2O2. The Labute approximate surface area is 164 Å². The second-order valence-corrected chi connectivity index (χ2v) is 8.38. The molecule has 0 amide bonds. The lowest BCUT2D eigenvalue weighted by Gasteiger charge is -2.19. The van der Waals surface area contributed by atoms with Crippen LogP contribution in [0, 0.1) is 0 Å². The summed E-state index contributed by atoms with van der Waals surface area (Å²) in [5, 5.41) is 0. The Balaban J connectivity index is 1.91. The molecule has 27 heavy (non-hydrogen) atoms. The Morgan fingerprint density at radius 3 is 2.52 bits per heavy atom. The van der Waals surface area contributed by atoms with E-state index in [-0.39, 0.29) is 5.97 Å². The third-order valence-electron chi connectivity index (χ3n) is 4.67. The van der Waals surface area contributed by atoms with E-state index in [9.17, 15) is 4.79 Å². The van der Waals surface area contributed by atoms with E-state index in [0.29, 0.717) is 6.42 Å². The molecule has 1 aromatic carbocycles. The van der Waals surface area contributed by atoms with Crippen LogP contribution < -0.4 is 0 Å². The van der Waals surface area contributed by atoms with E-state index in [2.05, 4.69) is 29.7 Å². The predicted octanol–water partition coefficient (Wildman–Crippen LogP) is 6.06. The van der Waals surface area contributed by atoms with Crippen LogP contribution in [0.4, 0.5) is 0 Å². The van der Waals surface area contributed by atoms with E-state index in [1.54, 1.807) is 0 Å². The quantitative estimate of drug-likeness (QED) is 0.355. The fourth-order valence-corrected chi connectivity index (χ4v) is 3.38. The van der Waals surface area contributed by atoms with Gasteiger partial charge >= 0.3 is 5.97 Å². The smallest absolute Gasteiger partial charge is 0.306 e. The largest absolute Gasteiger partial charge is 0.460 e. The number of nitrogens with zero attached hydrogens (tertiary/aromatic N) is 2. The standard InChI is InChI=1S/C23H36N2O2/c1-5-6-7-8-9-16-21-24-19-14-10-11-15-20(19)25(21)18-13-12-17-22(26)27-23(2,3)4/h10-11,14-15H,5-9,12-13,16-18H2,1-4H3. The summed E-state index contributed by atoms with van der Waals surface area (Å²) < 4.78 is 7.75. The van der Waals surface area contributed by atoms with Gasteiger partial charge in [0.25, 0.3) is 0 Å². The number of imidazole rings is 1. The number of para-hydroxylation sites is 2. The van der Waals surface area contributed by atoms with Crippen LogP contribution in [0.1, 0.15) is 84.9 Å². The number of aromatic nitrogens is 2. The molecule has 2 rings (SSSR count). The lowest BCUT2D eigenvalue weighted by atomic mass is 10.1. The van der Waals surface area contributed by atoms with Crippen LogP contribution in [-0.4, -0.2) is 21.1 Å². The van der Waals surface area contributed by atoms with Gasteiger partial charge in [0.15, 0.2) is 0 Å². The van der Waals surface area contributed by atoms with E-state index in [4.69, 9.17) is 9.72 Å². The fraction of sp³-hybridized carbons (Fsp3) is 0.652. The van der Waals surface area contributed by atoms with Crippen LogP contribution in [-0.2, 0) is 22.5 Å². The van der Waals surface area contributed by atoms with E-state index >= 15 is 0 Å². The van der Waals surface area contributed by atoms with Crippen molar-refractivity contribution in [1.82, 2.24) is 9.55 Å². The number of benzene rings is 1. The van der Waals surface area contributed by atoms with Gasteiger partial charge < -0.3 is 9.30 Å². The van der Waals surface area contributed by atoms with Crippen LogP contribution in [0.5, 0.6) is 0 Å². The van der Waals surface area contributed by atoms with Crippen molar-refractivity contribution < 1.29 is 9.53 Å². The van der Waals surface area contributed by atoms with Gasteiger partial charge in [-0.05, 0) is 52.2 Å².